The van der Waals surface area contributed by atoms with Crippen molar-refractivity contribution in [3.63, 3.8) is 0 Å². The van der Waals surface area contributed by atoms with Gasteiger partial charge in [-0.05, 0) is 110 Å². The molecule has 1 heterocycles. The van der Waals surface area contributed by atoms with Crippen LogP contribution in [0.4, 0.5) is 17.1 Å². The molecule has 0 saturated heterocycles. The zero-order valence-corrected chi connectivity index (χ0v) is 30.4. The van der Waals surface area contributed by atoms with Crippen molar-refractivity contribution < 1.29 is 0 Å². The lowest BCUT2D eigenvalue weighted by molar-refractivity contribution is 1.30. The van der Waals surface area contributed by atoms with E-state index in [0.717, 1.165) is 11.4 Å². The molecule has 0 aliphatic rings. The van der Waals surface area contributed by atoms with Gasteiger partial charge in [-0.3, -0.25) is 0 Å². The van der Waals surface area contributed by atoms with Gasteiger partial charge in [0, 0.05) is 31.5 Å². The number of hydrogen-bond acceptors (Lipinski definition) is 2. The number of nitrogens with zero attached hydrogens (tertiary/aromatic N) is 1. The van der Waals surface area contributed by atoms with Crippen LogP contribution in [-0.4, -0.2) is 0 Å². The summed E-state index contributed by atoms with van der Waals surface area (Å²) >= 11 is 1.86. The Kier molecular flexibility index (Phi) is 8.09. The highest BCUT2D eigenvalue weighted by Crippen LogP contribution is 2.45. The normalized spacial score (nSPS) is 11.3. The van der Waals surface area contributed by atoms with Crippen LogP contribution in [0.1, 0.15) is 0 Å². The fourth-order valence-corrected chi connectivity index (χ4v) is 8.85. The zero-order valence-electron chi connectivity index (χ0n) is 29.6. The Balaban J connectivity index is 1.05. The first-order valence-electron chi connectivity index (χ1n) is 18.4. The van der Waals surface area contributed by atoms with E-state index in [4.69, 9.17) is 0 Å². The molecule has 0 atom stereocenters. The Bertz CT molecular complexity index is 2910. The highest BCUT2D eigenvalue weighted by atomic mass is 32.1. The van der Waals surface area contributed by atoms with Crippen molar-refractivity contribution in [3.05, 3.63) is 212 Å². The standard InChI is InChI=1S/C52H35NS/c1-3-11-36(12-4-1)38-21-23-39(24-22-38)41-15-9-16-47(35-41)53(49-18-10-20-51-52(49)48-17-7-8-19-50(48)54-51)46-31-29-40(30-32-46)43-26-28-44-33-42(25-27-45(44)34-43)37-13-5-2-6-14-37/h1-35H. The Morgan fingerprint density at radius 1 is 0.296 bits per heavy atom. The summed E-state index contributed by atoms with van der Waals surface area (Å²) in [4.78, 5) is 2.43. The Hall–Kier alpha value is -6.74. The first kappa shape index (κ1) is 32.0. The molecule has 0 aliphatic heterocycles. The molecule has 1 aromatic heterocycles. The summed E-state index contributed by atoms with van der Waals surface area (Å²) in [7, 11) is 0. The van der Waals surface area contributed by atoms with Crippen LogP contribution in [0, 0.1) is 0 Å². The molecule has 254 valence electrons. The fraction of sp³-hybridized carbons (Fsp3) is 0. The summed E-state index contributed by atoms with van der Waals surface area (Å²) < 4.78 is 2.59. The van der Waals surface area contributed by atoms with E-state index < -0.39 is 0 Å². The third-order valence-corrected chi connectivity index (χ3v) is 11.6. The summed E-state index contributed by atoms with van der Waals surface area (Å²) in [5, 5.41) is 5.05. The van der Waals surface area contributed by atoms with Crippen LogP contribution in [0.5, 0.6) is 0 Å². The van der Waals surface area contributed by atoms with Crippen LogP contribution < -0.4 is 4.90 Å². The van der Waals surface area contributed by atoms with Crippen LogP contribution in [-0.2, 0) is 0 Å². The lowest BCUT2D eigenvalue weighted by atomic mass is 9.97. The second-order valence-corrected chi connectivity index (χ2v) is 14.9. The zero-order chi connectivity index (χ0) is 35.8. The molecule has 0 unspecified atom stereocenters. The molecule has 9 aromatic carbocycles. The minimum atomic E-state index is 1.12. The average Bonchev–Trinajstić information content (AvgIpc) is 3.64. The molecule has 0 saturated carbocycles. The maximum absolute atomic E-state index is 2.43. The minimum Gasteiger partial charge on any atom is -0.310 e. The molecule has 0 bridgehead atoms. The quantitative estimate of drug-likeness (QED) is 0.160. The van der Waals surface area contributed by atoms with Crippen molar-refractivity contribution in [1.29, 1.82) is 0 Å². The first-order chi connectivity index (χ1) is 26.7. The third kappa shape index (κ3) is 5.93. The van der Waals surface area contributed by atoms with Crippen LogP contribution in [0.25, 0.3) is 75.5 Å². The van der Waals surface area contributed by atoms with E-state index in [1.54, 1.807) is 0 Å². The molecule has 2 heteroatoms. The molecule has 10 aromatic rings. The van der Waals surface area contributed by atoms with Gasteiger partial charge in [-0.2, -0.15) is 0 Å². The lowest BCUT2D eigenvalue weighted by Gasteiger charge is -2.27. The number of hydrogen-bond donors (Lipinski definition) is 0. The van der Waals surface area contributed by atoms with Crippen LogP contribution >= 0.6 is 11.3 Å². The Morgan fingerprint density at radius 3 is 1.43 bits per heavy atom. The van der Waals surface area contributed by atoms with Gasteiger partial charge in [0.1, 0.15) is 0 Å². The van der Waals surface area contributed by atoms with Crippen molar-refractivity contribution in [1.82, 2.24) is 0 Å². The molecule has 0 radical (unpaired) electrons. The highest BCUT2D eigenvalue weighted by molar-refractivity contribution is 7.26. The second kappa shape index (κ2) is 13.7. The van der Waals surface area contributed by atoms with Gasteiger partial charge in [-0.1, -0.05) is 158 Å². The van der Waals surface area contributed by atoms with E-state index in [2.05, 4.69) is 217 Å². The van der Waals surface area contributed by atoms with Gasteiger partial charge in [-0.25, -0.2) is 0 Å². The summed E-state index contributed by atoms with van der Waals surface area (Å²) in [5.74, 6) is 0. The molecule has 0 spiro atoms. The summed E-state index contributed by atoms with van der Waals surface area (Å²) in [6.07, 6.45) is 0. The van der Waals surface area contributed by atoms with Gasteiger partial charge in [0.25, 0.3) is 0 Å². The van der Waals surface area contributed by atoms with Gasteiger partial charge in [0.15, 0.2) is 0 Å². The minimum absolute atomic E-state index is 1.12. The van der Waals surface area contributed by atoms with Gasteiger partial charge < -0.3 is 4.90 Å². The maximum atomic E-state index is 2.43. The Morgan fingerprint density at radius 2 is 0.759 bits per heavy atom. The van der Waals surface area contributed by atoms with Crippen molar-refractivity contribution in [3.8, 4) is 44.5 Å². The monoisotopic (exact) mass is 705 g/mol. The molecule has 0 N–H and O–H groups in total. The predicted octanol–water partition coefficient (Wildman–Crippen LogP) is 15.3. The maximum Gasteiger partial charge on any atom is 0.0554 e. The van der Waals surface area contributed by atoms with Gasteiger partial charge in [0.05, 0.1) is 5.69 Å². The second-order valence-electron chi connectivity index (χ2n) is 13.8. The van der Waals surface area contributed by atoms with Crippen LogP contribution in [0.3, 0.4) is 0 Å². The largest absolute Gasteiger partial charge is 0.310 e. The predicted molar refractivity (Wildman–Crippen MR) is 233 cm³/mol. The van der Waals surface area contributed by atoms with Crippen molar-refractivity contribution >= 4 is 59.3 Å². The first-order valence-corrected chi connectivity index (χ1v) is 19.2. The molecular formula is C52H35NS. The molecule has 0 aliphatic carbocycles. The Labute approximate surface area is 319 Å². The third-order valence-electron chi connectivity index (χ3n) is 10.5. The summed E-state index contributed by atoms with van der Waals surface area (Å²) in [5.41, 5.74) is 13.1. The molecular weight excluding hydrogens is 671 g/mol. The SMILES string of the molecule is c1ccc(-c2ccc(-c3cccc(N(c4ccc(-c5ccc6cc(-c7ccccc7)ccc6c5)cc4)c4cccc5sc6ccccc6c45)c3)cc2)cc1. The number of benzene rings is 9. The van der Waals surface area contributed by atoms with Gasteiger partial charge in [0.2, 0.25) is 0 Å². The fourth-order valence-electron chi connectivity index (χ4n) is 7.72. The number of thiophene rings is 1. The molecule has 10 rings (SSSR count). The average molecular weight is 706 g/mol. The number of fused-ring (bicyclic) bond motifs is 4. The van der Waals surface area contributed by atoms with Crippen molar-refractivity contribution in [2.24, 2.45) is 0 Å². The highest BCUT2D eigenvalue weighted by Gasteiger charge is 2.19. The van der Waals surface area contributed by atoms with Crippen LogP contribution in [0.15, 0.2) is 212 Å². The lowest BCUT2D eigenvalue weighted by Crippen LogP contribution is -2.10. The molecule has 54 heavy (non-hydrogen) atoms. The van der Waals surface area contributed by atoms with E-state index in [1.165, 1.54) is 81.1 Å². The van der Waals surface area contributed by atoms with E-state index in [0.29, 0.717) is 0 Å². The van der Waals surface area contributed by atoms with E-state index in [-0.39, 0.29) is 0 Å². The van der Waals surface area contributed by atoms with Crippen molar-refractivity contribution in [2.45, 2.75) is 0 Å². The molecule has 1 nitrogen and oxygen atoms in total. The summed E-state index contributed by atoms with van der Waals surface area (Å²) in [6, 6.07) is 77.1. The summed E-state index contributed by atoms with van der Waals surface area (Å²) in [6.45, 7) is 0. The van der Waals surface area contributed by atoms with E-state index >= 15 is 0 Å². The topological polar surface area (TPSA) is 3.24 Å². The smallest absolute Gasteiger partial charge is 0.0554 e. The van der Waals surface area contributed by atoms with Crippen LogP contribution in [0.2, 0.25) is 0 Å². The number of rotatable bonds is 7. The molecule has 0 amide bonds. The number of anilines is 3. The van der Waals surface area contributed by atoms with E-state index in [9.17, 15) is 0 Å². The van der Waals surface area contributed by atoms with Gasteiger partial charge in [-0.15, -0.1) is 11.3 Å². The molecule has 0 fully saturated rings. The van der Waals surface area contributed by atoms with E-state index in [1.807, 2.05) is 11.3 Å². The van der Waals surface area contributed by atoms with Gasteiger partial charge >= 0.3 is 0 Å². The van der Waals surface area contributed by atoms with Crippen molar-refractivity contribution in [2.75, 3.05) is 4.90 Å².